The molecule has 0 saturated heterocycles. The van der Waals surface area contributed by atoms with Gasteiger partial charge in [-0.25, -0.2) is 0 Å². The summed E-state index contributed by atoms with van der Waals surface area (Å²) in [5, 5.41) is 3.17. The molecule has 0 bridgehead atoms. The van der Waals surface area contributed by atoms with E-state index in [4.69, 9.17) is 5.73 Å². The molecule has 0 aromatic heterocycles. The Morgan fingerprint density at radius 3 is 2.35 bits per heavy atom. The first-order valence-electron chi connectivity index (χ1n) is 7.44. The van der Waals surface area contributed by atoms with Gasteiger partial charge in [-0.05, 0) is 36.7 Å². The molecular formula is C17H26N2O. The topological polar surface area (TPSA) is 55.1 Å². The standard InChI is InChI=1S/C17H26N2O/c1-16(2,13-7-5-4-6-8-13)11-15(20)19-17(3,12-18)14-9-10-14/h4-8,14H,9-12,18H2,1-3H3,(H,19,20). The second-order valence-electron chi connectivity index (χ2n) is 6.87. The van der Waals surface area contributed by atoms with Crippen LogP contribution in [0.15, 0.2) is 30.3 Å². The van der Waals surface area contributed by atoms with Crippen molar-refractivity contribution in [2.75, 3.05) is 6.54 Å². The van der Waals surface area contributed by atoms with Crippen LogP contribution in [0.2, 0.25) is 0 Å². The average molecular weight is 274 g/mol. The summed E-state index contributed by atoms with van der Waals surface area (Å²) in [6, 6.07) is 10.2. The van der Waals surface area contributed by atoms with Crippen molar-refractivity contribution in [2.45, 2.75) is 51.0 Å². The van der Waals surface area contributed by atoms with E-state index in [1.807, 2.05) is 18.2 Å². The van der Waals surface area contributed by atoms with Crippen LogP contribution in [-0.4, -0.2) is 18.0 Å². The molecular weight excluding hydrogens is 248 g/mol. The fourth-order valence-corrected chi connectivity index (χ4v) is 2.80. The molecule has 1 atom stereocenters. The molecule has 1 amide bonds. The molecule has 1 saturated carbocycles. The highest BCUT2D eigenvalue weighted by atomic mass is 16.1. The molecule has 110 valence electrons. The van der Waals surface area contributed by atoms with Crippen LogP contribution in [0.5, 0.6) is 0 Å². The normalized spacial score (nSPS) is 18.4. The Bertz CT molecular complexity index is 465. The van der Waals surface area contributed by atoms with Gasteiger partial charge in [-0.3, -0.25) is 4.79 Å². The molecule has 1 aliphatic carbocycles. The van der Waals surface area contributed by atoms with Gasteiger partial charge in [0.25, 0.3) is 0 Å². The van der Waals surface area contributed by atoms with E-state index in [0.29, 0.717) is 18.9 Å². The van der Waals surface area contributed by atoms with Crippen molar-refractivity contribution in [1.82, 2.24) is 5.32 Å². The fraction of sp³-hybridized carbons (Fsp3) is 0.588. The molecule has 0 spiro atoms. The van der Waals surface area contributed by atoms with E-state index >= 15 is 0 Å². The molecule has 1 unspecified atom stereocenters. The summed E-state index contributed by atoms with van der Waals surface area (Å²) < 4.78 is 0. The van der Waals surface area contributed by atoms with Gasteiger partial charge < -0.3 is 11.1 Å². The number of hydrogen-bond donors (Lipinski definition) is 2. The second kappa shape index (κ2) is 5.57. The van der Waals surface area contributed by atoms with E-state index in [2.05, 4.69) is 38.2 Å². The molecule has 3 N–H and O–H groups in total. The number of carbonyl (C=O) groups is 1. The first-order valence-corrected chi connectivity index (χ1v) is 7.44. The lowest BCUT2D eigenvalue weighted by Crippen LogP contribution is -2.53. The number of nitrogens with one attached hydrogen (secondary N) is 1. The van der Waals surface area contributed by atoms with Crippen LogP contribution < -0.4 is 11.1 Å². The van der Waals surface area contributed by atoms with Crippen molar-refractivity contribution in [3.8, 4) is 0 Å². The predicted molar refractivity (Wildman–Crippen MR) is 82.4 cm³/mol. The number of rotatable bonds is 6. The Morgan fingerprint density at radius 2 is 1.85 bits per heavy atom. The summed E-state index contributed by atoms with van der Waals surface area (Å²) in [6.45, 7) is 6.80. The van der Waals surface area contributed by atoms with Gasteiger partial charge in [-0.1, -0.05) is 44.2 Å². The lowest BCUT2D eigenvalue weighted by molar-refractivity contribution is -0.124. The number of carbonyl (C=O) groups excluding carboxylic acids is 1. The summed E-state index contributed by atoms with van der Waals surface area (Å²) in [4.78, 5) is 12.4. The molecule has 0 radical (unpaired) electrons. The van der Waals surface area contributed by atoms with Gasteiger partial charge in [-0.15, -0.1) is 0 Å². The van der Waals surface area contributed by atoms with Gasteiger partial charge in [0.05, 0.1) is 5.54 Å². The molecule has 1 fully saturated rings. The molecule has 3 heteroatoms. The first kappa shape index (κ1) is 15.0. The Balaban J connectivity index is 2.00. The van der Waals surface area contributed by atoms with E-state index in [1.165, 1.54) is 18.4 Å². The highest BCUT2D eigenvalue weighted by Gasteiger charge is 2.42. The smallest absolute Gasteiger partial charge is 0.221 e. The first-order chi connectivity index (χ1) is 9.37. The molecule has 1 aromatic rings. The van der Waals surface area contributed by atoms with E-state index in [1.54, 1.807) is 0 Å². The van der Waals surface area contributed by atoms with E-state index < -0.39 is 0 Å². The van der Waals surface area contributed by atoms with Crippen molar-refractivity contribution in [3.05, 3.63) is 35.9 Å². The minimum atomic E-state index is -0.232. The quantitative estimate of drug-likeness (QED) is 0.837. The molecule has 2 rings (SSSR count). The molecule has 0 aliphatic heterocycles. The summed E-state index contributed by atoms with van der Waals surface area (Å²) in [5.74, 6) is 0.648. The SMILES string of the molecule is CC(C)(CC(=O)NC(C)(CN)C1CC1)c1ccccc1. The molecule has 1 aromatic carbocycles. The Labute approximate surface area is 121 Å². The van der Waals surface area contributed by atoms with Gasteiger partial charge in [0, 0.05) is 13.0 Å². The maximum absolute atomic E-state index is 12.4. The second-order valence-corrected chi connectivity index (χ2v) is 6.87. The highest BCUT2D eigenvalue weighted by molar-refractivity contribution is 5.78. The van der Waals surface area contributed by atoms with Gasteiger partial charge in [-0.2, -0.15) is 0 Å². The van der Waals surface area contributed by atoms with Crippen LogP contribution in [0.1, 0.15) is 45.6 Å². The van der Waals surface area contributed by atoms with E-state index in [-0.39, 0.29) is 16.9 Å². The van der Waals surface area contributed by atoms with Crippen molar-refractivity contribution in [3.63, 3.8) is 0 Å². The summed E-state index contributed by atoms with van der Waals surface area (Å²) in [7, 11) is 0. The zero-order valence-electron chi connectivity index (χ0n) is 12.8. The average Bonchev–Trinajstić information content (AvgIpc) is 3.23. The minimum Gasteiger partial charge on any atom is -0.349 e. The van der Waals surface area contributed by atoms with Crippen LogP contribution in [0.4, 0.5) is 0 Å². The van der Waals surface area contributed by atoms with Gasteiger partial charge in [0.15, 0.2) is 0 Å². The van der Waals surface area contributed by atoms with Crippen LogP contribution in [0.3, 0.4) is 0 Å². The lowest BCUT2D eigenvalue weighted by Gasteiger charge is -2.32. The predicted octanol–water partition coefficient (Wildman–Crippen LogP) is 2.60. The van der Waals surface area contributed by atoms with Crippen molar-refractivity contribution in [2.24, 2.45) is 11.7 Å². The van der Waals surface area contributed by atoms with Crippen LogP contribution in [0, 0.1) is 5.92 Å². The van der Waals surface area contributed by atoms with Gasteiger partial charge in [0.2, 0.25) is 5.91 Å². The molecule has 20 heavy (non-hydrogen) atoms. The maximum atomic E-state index is 12.4. The van der Waals surface area contributed by atoms with Crippen LogP contribution >= 0.6 is 0 Å². The van der Waals surface area contributed by atoms with Crippen LogP contribution in [-0.2, 0) is 10.2 Å². The maximum Gasteiger partial charge on any atom is 0.221 e. The molecule has 1 aliphatic rings. The number of nitrogens with two attached hydrogens (primary N) is 1. The minimum absolute atomic E-state index is 0.0960. The third-order valence-corrected chi connectivity index (χ3v) is 4.49. The largest absolute Gasteiger partial charge is 0.349 e. The lowest BCUT2D eigenvalue weighted by atomic mass is 9.81. The zero-order chi connectivity index (χ0) is 14.8. The fourth-order valence-electron chi connectivity index (χ4n) is 2.80. The Morgan fingerprint density at radius 1 is 1.25 bits per heavy atom. The monoisotopic (exact) mass is 274 g/mol. The number of amides is 1. The third-order valence-electron chi connectivity index (χ3n) is 4.49. The summed E-state index contributed by atoms with van der Waals surface area (Å²) >= 11 is 0. The van der Waals surface area contributed by atoms with Gasteiger partial charge >= 0.3 is 0 Å². The Kier molecular flexibility index (Phi) is 4.19. The molecule has 0 heterocycles. The van der Waals surface area contributed by atoms with Crippen molar-refractivity contribution < 1.29 is 4.79 Å². The van der Waals surface area contributed by atoms with E-state index in [9.17, 15) is 4.79 Å². The van der Waals surface area contributed by atoms with Crippen LogP contribution in [0.25, 0.3) is 0 Å². The number of hydrogen-bond acceptors (Lipinski definition) is 2. The van der Waals surface area contributed by atoms with Gasteiger partial charge in [0.1, 0.15) is 0 Å². The van der Waals surface area contributed by atoms with Crippen molar-refractivity contribution in [1.29, 1.82) is 0 Å². The van der Waals surface area contributed by atoms with Crippen molar-refractivity contribution >= 4 is 5.91 Å². The number of benzene rings is 1. The summed E-state index contributed by atoms with van der Waals surface area (Å²) in [6.07, 6.45) is 2.84. The zero-order valence-corrected chi connectivity index (χ0v) is 12.8. The Hall–Kier alpha value is -1.35. The molecule has 3 nitrogen and oxygen atoms in total. The summed E-state index contributed by atoms with van der Waals surface area (Å²) in [5.41, 5.74) is 6.65. The highest BCUT2D eigenvalue weighted by Crippen LogP contribution is 2.39. The van der Waals surface area contributed by atoms with E-state index in [0.717, 1.165) is 0 Å². The third kappa shape index (κ3) is 3.40.